The molecule has 2 aliphatic rings. The molecule has 1 aliphatic carbocycles. The first-order chi connectivity index (χ1) is 13.1. The van der Waals surface area contributed by atoms with E-state index < -0.39 is 0 Å². The molecule has 3 nitrogen and oxygen atoms in total. The number of hydrogen-bond donors (Lipinski definition) is 1. The van der Waals surface area contributed by atoms with Gasteiger partial charge in [-0.05, 0) is 59.1 Å². The minimum absolute atomic E-state index is 0.0601. The van der Waals surface area contributed by atoms with Crippen molar-refractivity contribution in [2.24, 2.45) is 0 Å². The van der Waals surface area contributed by atoms with Crippen LogP contribution in [0.15, 0.2) is 59.3 Å². The van der Waals surface area contributed by atoms with Gasteiger partial charge >= 0.3 is 0 Å². The number of nitrogens with zero attached hydrogens (tertiary/aromatic N) is 2. The molecule has 6 heteroatoms. The van der Waals surface area contributed by atoms with Crippen molar-refractivity contribution in [2.45, 2.75) is 44.0 Å². The van der Waals surface area contributed by atoms with Gasteiger partial charge in [0.2, 0.25) is 0 Å². The maximum absolute atomic E-state index is 10.7. The molecule has 1 heterocycles. The summed E-state index contributed by atoms with van der Waals surface area (Å²) in [5.74, 6) is 0. The molecule has 0 radical (unpaired) electrons. The molecule has 4 rings (SSSR count). The van der Waals surface area contributed by atoms with Crippen LogP contribution < -0.4 is 4.90 Å². The maximum atomic E-state index is 10.7. The first kappa shape index (κ1) is 19.1. The topological polar surface area (TPSA) is 26.7 Å². The fraction of sp³-hybridized carbons (Fsp3) is 0.333. The lowest BCUT2D eigenvalue weighted by atomic mass is 9.91. The third-order valence-electron chi connectivity index (χ3n) is 5.38. The average molecular weight is 468 g/mol. The van der Waals surface area contributed by atoms with Gasteiger partial charge in [0, 0.05) is 27.5 Å². The second kappa shape index (κ2) is 8.04. The highest BCUT2D eigenvalue weighted by atomic mass is 79.9. The molecule has 2 aromatic rings. The maximum Gasteiger partial charge on any atom is 0.134 e. The van der Waals surface area contributed by atoms with Gasteiger partial charge in [-0.1, -0.05) is 54.2 Å². The number of halogens is 3. The largest absolute Gasteiger partial charge is 0.391 e. The zero-order valence-electron chi connectivity index (χ0n) is 14.7. The number of anilines is 1. The highest BCUT2D eigenvalue weighted by Crippen LogP contribution is 2.46. The number of hydrogen-bond acceptors (Lipinski definition) is 3. The molecule has 142 valence electrons. The van der Waals surface area contributed by atoms with Crippen LogP contribution in [0, 0.1) is 0 Å². The van der Waals surface area contributed by atoms with E-state index in [9.17, 15) is 5.11 Å². The molecule has 2 aromatic carbocycles. The fourth-order valence-corrected chi connectivity index (χ4v) is 5.07. The van der Waals surface area contributed by atoms with Crippen LogP contribution in [0.25, 0.3) is 0 Å². The smallest absolute Gasteiger partial charge is 0.134 e. The lowest BCUT2D eigenvalue weighted by Gasteiger charge is -2.42. The van der Waals surface area contributed by atoms with E-state index in [1.54, 1.807) is 0 Å². The molecule has 27 heavy (non-hydrogen) atoms. The Kier molecular flexibility index (Phi) is 5.70. The highest BCUT2D eigenvalue weighted by molar-refractivity contribution is 9.11. The van der Waals surface area contributed by atoms with Crippen molar-refractivity contribution in [2.75, 3.05) is 4.90 Å². The van der Waals surface area contributed by atoms with E-state index >= 15 is 0 Å². The van der Waals surface area contributed by atoms with Crippen LogP contribution in [0.2, 0.25) is 10.0 Å². The van der Waals surface area contributed by atoms with E-state index in [-0.39, 0.29) is 18.3 Å². The normalized spacial score (nSPS) is 25.6. The first-order valence-corrected chi connectivity index (χ1v) is 10.7. The zero-order chi connectivity index (χ0) is 19.0. The monoisotopic (exact) mass is 466 g/mol. The summed E-state index contributed by atoms with van der Waals surface area (Å²) in [5, 5.41) is 12.1. The van der Waals surface area contributed by atoms with Crippen LogP contribution in [0.1, 0.15) is 37.4 Å². The molecule has 1 aliphatic heterocycles. The van der Waals surface area contributed by atoms with Crippen molar-refractivity contribution < 1.29 is 5.11 Å². The van der Waals surface area contributed by atoms with Gasteiger partial charge in [-0.25, -0.2) is 0 Å². The lowest BCUT2D eigenvalue weighted by molar-refractivity contribution is 0.0291. The average Bonchev–Trinajstić information content (AvgIpc) is 3.00. The van der Waals surface area contributed by atoms with Gasteiger partial charge in [0.25, 0.3) is 0 Å². The predicted molar refractivity (Wildman–Crippen MR) is 115 cm³/mol. The Morgan fingerprint density at radius 3 is 2.37 bits per heavy atom. The van der Waals surface area contributed by atoms with E-state index in [0.717, 1.165) is 41.5 Å². The van der Waals surface area contributed by atoms with Crippen molar-refractivity contribution in [3.8, 4) is 0 Å². The summed E-state index contributed by atoms with van der Waals surface area (Å²) in [6, 6.07) is 15.8. The van der Waals surface area contributed by atoms with E-state index in [4.69, 9.17) is 23.2 Å². The van der Waals surface area contributed by atoms with Crippen LogP contribution >= 0.6 is 39.1 Å². The summed E-state index contributed by atoms with van der Waals surface area (Å²) in [6.45, 7) is 0. The minimum Gasteiger partial charge on any atom is -0.391 e. The van der Waals surface area contributed by atoms with Crippen LogP contribution in [0.5, 0.6) is 0 Å². The van der Waals surface area contributed by atoms with Crippen LogP contribution in [-0.2, 0) is 0 Å². The zero-order valence-corrected chi connectivity index (χ0v) is 17.8. The molecule has 1 fully saturated rings. The van der Waals surface area contributed by atoms with E-state index in [2.05, 4.69) is 38.0 Å². The third kappa shape index (κ3) is 3.73. The molecule has 0 saturated heterocycles. The summed E-state index contributed by atoms with van der Waals surface area (Å²) in [6.07, 6.45) is 5.61. The van der Waals surface area contributed by atoms with Crippen LogP contribution in [0.4, 0.5) is 5.69 Å². The van der Waals surface area contributed by atoms with Gasteiger partial charge in [-0.2, -0.15) is 0 Å². The third-order valence-corrected chi connectivity index (χ3v) is 6.56. The van der Waals surface area contributed by atoms with Crippen LogP contribution in [-0.4, -0.2) is 22.2 Å². The van der Waals surface area contributed by atoms with E-state index in [1.807, 2.05) is 42.5 Å². The lowest BCUT2D eigenvalue weighted by Crippen LogP contribution is -2.45. The van der Waals surface area contributed by atoms with Crippen molar-refractivity contribution in [1.82, 2.24) is 4.90 Å². The number of benzene rings is 2. The molecule has 1 N–H and O–H groups in total. The number of rotatable bonds is 3. The Morgan fingerprint density at radius 2 is 1.67 bits per heavy atom. The Bertz CT molecular complexity index is 842. The predicted octanol–water partition coefficient (Wildman–Crippen LogP) is 6.31. The fourth-order valence-electron chi connectivity index (χ4n) is 4.07. The van der Waals surface area contributed by atoms with Gasteiger partial charge in [0.1, 0.15) is 10.8 Å². The van der Waals surface area contributed by atoms with Crippen LogP contribution in [0.3, 0.4) is 0 Å². The van der Waals surface area contributed by atoms with Gasteiger partial charge in [-0.3, -0.25) is 0 Å². The molecule has 1 saturated carbocycles. The molecular weight excluding hydrogens is 447 g/mol. The summed E-state index contributed by atoms with van der Waals surface area (Å²) >= 11 is 16.4. The van der Waals surface area contributed by atoms with E-state index in [0.29, 0.717) is 10.0 Å². The first-order valence-electron chi connectivity index (χ1n) is 9.18. The number of aliphatic hydroxyl groups excluding tert-OH is 1. The quantitative estimate of drug-likeness (QED) is 0.535. The molecule has 0 spiro atoms. The molecule has 3 atom stereocenters. The SMILES string of the molecule is O[C@H]1CCCC[C@@H]1N1C=C(Br)N(c2ccc(Cl)cc2)C1c1ccccc1Cl. The summed E-state index contributed by atoms with van der Waals surface area (Å²) in [5.41, 5.74) is 2.03. The van der Waals surface area contributed by atoms with Crippen molar-refractivity contribution >= 4 is 44.8 Å². The Morgan fingerprint density at radius 1 is 0.963 bits per heavy atom. The van der Waals surface area contributed by atoms with Crippen molar-refractivity contribution in [1.29, 1.82) is 0 Å². The highest BCUT2D eigenvalue weighted by Gasteiger charge is 2.41. The molecule has 0 aromatic heterocycles. The van der Waals surface area contributed by atoms with Crippen molar-refractivity contribution in [3.63, 3.8) is 0 Å². The molecular formula is C21H21BrCl2N2O. The molecule has 1 unspecified atom stereocenters. The summed E-state index contributed by atoms with van der Waals surface area (Å²) in [7, 11) is 0. The number of aliphatic hydroxyl groups is 1. The van der Waals surface area contributed by atoms with Gasteiger partial charge in [0.05, 0.1) is 12.1 Å². The molecule has 0 bridgehead atoms. The Labute approximate surface area is 178 Å². The Balaban J connectivity index is 1.79. The van der Waals surface area contributed by atoms with Crippen molar-refractivity contribution in [3.05, 3.63) is 74.9 Å². The standard InChI is InChI=1S/C21H21BrCl2N2O/c22-20-13-25(18-7-3-4-8-19(18)27)21(16-5-1-2-6-17(16)24)26(20)15-11-9-14(23)10-12-15/h1-2,5-6,9-13,18-19,21,27H,3-4,7-8H2/t18-,19-,21?/m0/s1. The van der Waals surface area contributed by atoms with E-state index in [1.165, 1.54) is 0 Å². The van der Waals surface area contributed by atoms with Gasteiger partial charge in [0.15, 0.2) is 0 Å². The summed E-state index contributed by atoms with van der Waals surface area (Å²) < 4.78 is 0.938. The Hall–Kier alpha value is -1.20. The van der Waals surface area contributed by atoms with Gasteiger partial charge in [-0.15, -0.1) is 0 Å². The molecule has 0 amide bonds. The second-order valence-corrected chi connectivity index (χ2v) is 8.72. The second-order valence-electron chi connectivity index (χ2n) is 7.06. The minimum atomic E-state index is -0.342. The summed E-state index contributed by atoms with van der Waals surface area (Å²) in [4.78, 5) is 4.45. The van der Waals surface area contributed by atoms with Gasteiger partial charge < -0.3 is 14.9 Å².